The first-order chi connectivity index (χ1) is 14.2. The first kappa shape index (κ1) is 25.1. The maximum atomic E-state index is 5.96. The Morgan fingerprint density at radius 3 is 2.80 bits per heavy atom. The number of aromatic nitrogens is 1. The van der Waals surface area contributed by atoms with Gasteiger partial charge >= 0.3 is 0 Å². The predicted molar refractivity (Wildman–Crippen MR) is 137 cm³/mol. The molecule has 7 heteroatoms. The van der Waals surface area contributed by atoms with E-state index >= 15 is 0 Å². The molecule has 30 heavy (non-hydrogen) atoms. The SMILES string of the molecule is CCNC(=NCCc1nc(CC)c(C)s1)N1CCC(COCc2ccccc2)C1.I. The fourth-order valence-corrected chi connectivity index (χ4v) is 4.70. The summed E-state index contributed by atoms with van der Waals surface area (Å²) in [6, 6.07) is 10.4. The Balaban J connectivity index is 0.00000320. The molecule has 1 saturated heterocycles. The van der Waals surface area contributed by atoms with E-state index < -0.39 is 0 Å². The highest BCUT2D eigenvalue weighted by Gasteiger charge is 2.25. The van der Waals surface area contributed by atoms with Crippen molar-refractivity contribution in [3.8, 4) is 0 Å². The summed E-state index contributed by atoms with van der Waals surface area (Å²) >= 11 is 1.81. The number of ether oxygens (including phenoxy) is 1. The fraction of sp³-hybridized carbons (Fsp3) is 0.565. The number of nitrogens with zero attached hydrogens (tertiary/aromatic N) is 3. The van der Waals surface area contributed by atoms with E-state index in [4.69, 9.17) is 14.7 Å². The van der Waals surface area contributed by atoms with Crippen LogP contribution in [0.15, 0.2) is 35.3 Å². The monoisotopic (exact) mass is 542 g/mol. The van der Waals surface area contributed by atoms with Crippen LogP contribution in [0, 0.1) is 12.8 Å². The Labute approximate surface area is 202 Å². The molecule has 2 aromatic rings. The maximum absolute atomic E-state index is 5.96. The number of rotatable bonds is 9. The van der Waals surface area contributed by atoms with Crippen LogP contribution in [0.3, 0.4) is 0 Å². The minimum Gasteiger partial charge on any atom is -0.376 e. The molecule has 0 amide bonds. The molecule has 1 aromatic heterocycles. The molecular weight excluding hydrogens is 507 g/mol. The molecule has 1 aliphatic rings. The minimum absolute atomic E-state index is 0. The first-order valence-corrected chi connectivity index (χ1v) is 11.6. The molecule has 0 bridgehead atoms. The molecule has 0 aliphatic carbocycles. The second kappa shape index (κ2) is 13.3. The van der Waals surface area contributed by atoms with Crippen LogP contribution < -0.4 is 5.32 Å². The number of hydrogen-bond donors (Lipinski definition) is 1. The standard InChI is InChI=1S/C23H34N4OS.HI/c1-4-21-18(3)29-22(26-21)11-13-25-23(24-5-2)27-14-12-20(15-27)17-28-16-19-9-7-6-8-10-19;/h6-10,20H,4-5,11-17H2,1-3H3,(H,24,25);1H. The van der Waals surface area contributed by atoms with Crippen molar-refractivity contribution in [2.24, 2.45) is 10.9 Å². The molecule has 1 atom stereocenters. The van der Waals surface area contributed by atoms with Crippen LogP contribution in [-0.4, -0.2) is 48.6 Å². The van der Waals surface area contributed by atoms with E-state index in [0.717, 1.165) is 58.0 Å². The summed E-state index contributed by atoms with van der Waals surface area (Å²) < 4.78 is 5.96. The van der Waals surface area contributed by atoms with Crippen molar-refractivity contribution >= 4 is 41.3 Å². The minimum atomic E-state index is 0. The Morgan fingerprint density at radius 1 is 1.30 bits per heavy atom. The third-order valence-electron chi connectivity index (χ3n) is 5.24. The molecule has 1 aromatic carbocycles. The topological polar surface area (TPSA) is 49.8 Å². The predicted octanol–water partition coefficient (Wildman–Crippen LogP) is 4.68. The van der Waals surface area contributed by atoms with Gasteiger partial charge in [0.05, 0.1) is 23.9 Å². The van der Waals surface area contributed by atoms with Gasteiger partial charge in [0.15, 0.2) is 5.96 Å². The molecule has 2 heterocycles. The first-order valence-electron chi connectivity index (χ1n) is 10.8. The Hall–Kier alpha value is -1.19. The summed E-state index contributed by atoms with van der Waals surface area (Å²) in [5.41, 5.74) is 2.47. The van der Waals surface area contributed by atoms with Gasteiger partial charge in [0.2, 0.25) is 0 Å². The van der Waals surface area contributed by atoms with Gasteiger partial charge in [0.1, 0.15) is 0 Å². The largest absolute Gasteiger partial charge is 0.376 e. The number of likely N-dealkylation sites (tertiary alicyclic amines) is 1. The van der Waals surface area contributed by atoms with Crippen LogP contribution in [0.4, 0.5) is 0 Å². The molecule has 166 valence electrons. The molecule has 5 nitrogen and oxygen atoms in total. The summed E-state index contributed by atoms with van der Waals surface area (Å²) in [5.74, 6) is 1.60. The average Bonchev–Trinajstić information content (AvgIpc) is 3.34. The van der Waals surface area contributed by atoms with E-state index in [1.54, 1.807) is 0 Å². The van der Waals surface area contributed by atoms with Gasteiger partial charge < -0.3 is 15.0 Å². The van der Waals surface area contributed by atoms with Crippen molar-refractivity contribution in [3.63, 3.8) is 0 Å². The summed E-state index contributed by atoms with van der Waals surface area (Å²) in [5, 5.41) is 4.66. The molecule has 0 spiro atoms. The van der Waals surface area contributed by atoms with Crippen molar-refractivity contribution in [1.82, 2.24) is 15.2 Å². The highest BCUT2D eigenvalue weighted by molar-refractivity contribution is 14.0. The van der Waals surface area contributed by atoms with Gasteiger partial charge in [-0.15, -0.1) is 35.3 Å². The van der Waals surface area contributed by atoms with Crippen LogP contribution in [0.2, 0.25) is 0 Å². The zero-order chi connectivity index (χ0) is 20.5. The van der Waals surface area contributed by atoms with Gasteiger partial charge in [-0.1, -0.05) is 37.3 Å². The normalized spacial score (nSPS) is 16.6. The maximum Gasteiger partial charge on any atom is 0.193 e. The quantitative estimate of drug-likeness (QED) is 0.284. The fourth-order valence-electron chi connectivity index (χ4n) is 3.68. The van der Waals surface area contributed by atoms with Crippen molar-refractivity contribution in [2.45, 2.75) is 46.6 Å². The van der Waals surface area contributed by atoms with E-state index in [0.29, 0.717) is 12.5 Å². The molecule has 1 aliphatic heterocycles. The van der Waals surface area contributed by atoms with E-state index in [-0.39, 0.29) is 24.0 Å². The summed E-state index contributed by atoms with van der Waals surface area (Å²) in [4.78, 5) is 13.3. The van der Waals surface area contributed by atoms with Crippen LogP contribution >= 0.6 is 35.3 Å². The number of nitrogens with one attached hydrogen (secondary N) is 1. The number of hydrogen-bond acceptors (Lipinski definition) is 4. The highest BCUT2D eigenvalue weighted by atomic mass is 127. The summed E-state index contributed by atoms with van der Waals surface area (Å²) in [6.45, 7) is 11.7. The van der Waals surface area contributed by atoms with E-state index in [1.165, 1.54) is 21.1 Å². The van der Waals surface area contributed by atoms with Gasteiger partial charge in [0.25, 0.3) is 0 Å². The van der Waals surface area contributed by atoms with Gasteiger partial charge in [0, 0.05) is 43.4 Å². The lowest BCUT2D eigenvalue weighted by atomic mass is 10.1. The number of guanidine groups is 1. The second-order valence-electron chi connectivity index (χ2n) is 7.55. The van der Waals surface area contributed by atoms with E-state index in [1.807, 2.05) is 17.4 Å². The summed E-state index contributed by atoms with van der Waals surface area (Å²) in [6.07, 6.45) is 3.08. The van der Waals surface area contributed by atoms with E-state index in [9.17, 15) is 0 Å². The van der Waals surface area contributed by atoms with Crippen molar-refractivity contribution in [1.29, 1.82) is 0 Å². The zero-order valence-corrected chi connectivity index (χ0v) is 21.5. The molecular formula is C23H35IN4OS. The van der Waals surface area contributed by atoms with Crippen LogP contribution in [-0.2, 0) is 24.2 Å². The van der Waals surface area contributed by atoms with Crippen LogP contribution in [0.5, 0.6) is 0 Å². The molecule has 1 fully saturated rings. The molecule has 3 rings (SSSR count). The van der Waals surface area contributed by atoms with Crippen LogP contribution in [0.1, 0.15) is 41.4 Å². The number of halogens is 1. The molecule has 0 saturated carbocycles. The van der Waals surface area contributed by atoms with Crippen LogP contribution in [0.25, 0.3) is 0 Å². The molecule has 1 N–H and O–H groups in total. The summed E-state index contributed by atoms with van der Waals surface area (Å²) in [7, 11) is 0. The van der Waals surface area contributed by atoms with Crippen molar-refractivity contribution in [3.05, 3.63) is 51.5 Å². The van der Waals surface area contributed by atoms with E-state index in [2.05, 4.69) is 55.3 Å². The van der Waals surface area contributed by atoms with Gasteiger partial charge in [-0.2, -0.15) is 0 Å². The van der Waals surface area contributed by atoms with Crippen molar-refractivity contribution < 1.29 is 4.74 Å². The van der Waals surface area contributed by atoms with Gasteiger partial charge in [-0.3, -0.25) is 4.99 Å². The number of aliphatic imine (C=N–C) groups is 1. The van der Waals surface area contributed by atoms with Crippen molar-refractivity contribution in [2.75, 3.05) is 32.8 Å². The third-order valence-corrected chi connectivity index (χ3v) is 6.32. The van der Waals surface area contributed by atoms with Gasteiger partial charge in [-0.05, 0) is 32.3 Å². The lowest BCUT2D eigenvalue weighted by molar-refractivity contribution is 0.0907. The Kier molecular flexibility index (Phi) is 11.1. The molecule has 0 radical (unpaired) electrons. The highest BCUT2D eigenvalue weighted by Crippen LogP contribution is 2.19. The molecule has 1 unspecified atom stereocenters. The number of thiazole rings is 1. The van der Waals surface area contributed by atoms with Gasteiger partial charge in [-0.25, -0.2) is 4.98 Å². The average molecular weight is 543 g/mol. The third kappa shape index (κ3) is 7.50. The number of aryl methyl sites for hydroxylation is 2. The second-order valence-corrected chi connectivity index (χ2v) is 8.84. The smallest absolute Gasteiger partial charge is 0.193 e. The number of benzene rings is 1. The Bertz CT molecular complexity index is 781. The zero-order valence-electron chi connectivity index (χ0n) is 18.4. The Morgan fingerprint density at radius 2 is 2.10 bits per heavy atom. The lowest BCUT2D eigenvalue weighted by Gasteiger charge is -2.21. The lowest BCUT2D eigenvalue weighted by Crippen LogP contribution is -2.40.